The monoisotopic (exact) mass is 298 g/mol. The first-order chi connectivity index (χ1) is 10.2. The summed E-state index contributed by atoms with van der Waals surface area (Å²) in [5.41, 5.74) is 13.4. The zero-order valence-electron chi connectivity index (χ0n) is 11.2. The van der Waals surface area contributed by atoms with Crippen molar-refractivity contribution in [1.82, 2.24) is 9.97 Å². The Morgan fingerprint density at radius 3 is 2.52 bits per heavy atom. The molecule has 4 N–H and O–H groups in total. The van der Waals surface area contributed by atoms with Crippen LogP contribution in [0.1, 0.15) is 5.56 Å². The van der Waals surface area contributed by atoms with Gasteiger partial charge in [-0.05, 0) is 17.7 Å². The average Bonchev–Trinajstić information content (AvgIpc) is 3.04. The van der Waals surface area contributed by atoms with Crippen LogP contribution in [0.2, 0.25) is 0 Å². The Balaban J connectivity index is 1.87. The molecule has 5 nitrogen and oxygen atoms in total. The lowest BCUT2D eigenvalue weighted by atomic mass is 10.2. The maximum Gasteiger partial charge on any atom is 0.198 e. The number of rotatable bonds is 4. The minimum Gasteiger partial charge on any atom is -0.461 e. The molecule has 0 saturated carbocycles. The molecular weight excluding hydrogens is 284 g/mol. The lowest BCUT2D eigenvalue weighted by Crippen LogP contribution is -2.04. The van der Waals surface area contributed by atoms with Crippen LogP contribution in [0.25, 0.3) is 11.6 Å². The van der Waals surface area contributed by atoms with Crippen molar-refractivity contribution in [3.63, 3.8) is 0 Å². The maximum atomic E-state index is 5.97. The first-order valence-corrected chi connectivity index (χ1v) is 7.36. The fraction of sp³-hybridized carbons (Fsp3) is 0.0667. The van der Waals surface area contributed by atoms with Crippen molar-refractivity contribution >= 4 is 23.3 Å². The van der Waals surface area contributed by atoms with Crippen LogP contribution < -0.4 is 11.5 Å². The van der Waals surface area contributed by atoms with Crippen molar-refractivity contribution < 1.29 is 4.42 Å². The van der Waals surface area contributed by atoms with Crippen molar-refractivity contribution in [2.45, 2.75) is 10.8 Å². The molecule has 0 saturated heterocycles. The van der Waals surface area contributed by atoms with Crippen molar-refractivity contribution in [2.24, 2.45) is 0 Å². The van der Waals surface area contributed by atoms with Gasteiger partial charge in [-0.25, -0.2) is 9.97 Å². The summed E-state index contributed by atoms with van der Waals surface area (Å²) >= 11 is 1.53. The summed E-state index contributed by atoms with van der Waals surface area (Å²) in [6.07, 6.45) is 1.57. The van der Waals surface area contributed by atoms with E-state index in [9.17, 15) is 0 Å². The SMILES string of the molecule is Nc1nc(-c2ccco2)nc(SCc2ccccc2)c1N. The van der Waals surface area contributed by atoms with E-state index in [-0.39, 0.29) is 5.82 Å². The Labute approximate surface area is 126 Å². The highest BCUT2D eigenvalue weighted by atomic mass is 32.2. The predicted molar refractivity (Wildman–Crippen MR) is 84.6 cm³/mol. The number of anilines is 2. The number of nitrogens with two attached hydrogens (primary N) is 2. The molecule has 0 aliphatic heterocycles. The molecule has 0 atom stereocenters. The van der Waals surface area contributed by atoms with Crippen LogP contribution >= 0.6 is 11.8 Å². The molecule has 106 valence electrons. The number of hydrogen-bond acceptors (Lipinski definition) is 6. The van der Waals surface area contributed by atoms with Gasteiger partial charge in [-0.2, -0.15) is 0 Å². The number of nitrogens with zero attached hydrogens (tertiary/aromatic N) is 2. The van der Waals surface area contributed by atoms with Gasteiger partial charge in [0.15, 0.2) is 17.4 Å². The van der Waals surface area contributed by atoms with Crippen LogP contribution in [0.15, 0.2) is 58.2 Å². The van der Waals surface area contributed by atoms with Gasteiger partial charge < -0.3 is 15.9 Å². The third-order valence-electron chi connectivity index (χ3n) is 2.90. The lowest BCUT2D eigenvalue weighted by molar-refractivity contribution is 0.576. The van der Waals surface area contributed by atoms with Crippen molar-refractivity contribution in [3.8, 4) is 11.6 Å². The molecule has 0 aliphatic carbocycles. The highest BCUT2D eigenvalue weighted by Gasteiger charge is 2.13. The summed E-state index contributed by atoms with van der Waals surface area (Å²) in [5, 5.41) is 0.665. The quantitative estimate of drug-likeness (QED) is 0.568. The van der Waals surface area contributed by atoms with E-state index in [2.05, 4.69) is 22.1 Å². The summed E-state index contributed by atoms with van der Waals surface area (Å²) in [4.78, 5) is 8.61. The van der Waals surface area contributed by atoms with Gasteiger partial charge >= 0.3 is 0 Å². The highest BCUT2D eigenvalue weighted by Crippen LogP contribution is 2.31. The normalized spacial score (nSPS) is 10.7. The van der Waals surface area contributed by atoms with Gasteiger partial charge in [0.1, 0.15) is 10.7 Å². The Kier molecular flexibility index (Phi) is 3.79. The molecule has 2 heterocycles. The lowest BCUT2D eigenvalue weighted by Gasteiger charge is -2.08. The number of nitrogen functional groups attached to an aromatic ring is 2. The van der Waals surface area contributed by atoms with Gasteiger partial charge in [0, 0.05) is 5.75 Å². The fourth-order valence-electron chi connectivity index (χ4n) is 1.82. The molecule has 0 aliphatic rings. The highest BCUT2D eigenvalue weighted by molar-refractivity contribution is 7.98. The molecule has 3 aromatic rings. The van der Waals surface area contributed by atoms with Crippen LogP contribution in [0.5, 0.6) is 0 Å². The molecule has 0 unspecified atom stereocenters. The second kappa shape index (κ2) is 5.88. The number of thioether (sulfide) groups is 1. The molecule has 2 aromatic heterocycles. The molecule has 0 fully saturated rings. The number of benzene rings is 1. The molecular formula is C15H14N4OS. The van der Waals surface area contributed by atoms with Crippen molar-refractivity contribution in [2.75, 3.05) is 11.5 Å². The molecule has 6 heteroatoms. The Morgan fingerprint density at radius 1 is 1.00 bits per heavy atom. The standard InChI is InChI=1S/C15H14N4OS/c16-12-13(17)18-14(11-7-4-8-20-11)19-15(12)21-9-10-5-2-1-3-6-10/h1-8H,9,16H2,(H2,17,18,19). The van der Waals surface area contributed by atoms with E-state index < -0.39 is 0 Å². The fourth-order valence-corrected chi connectivity index (χ4v) is 2.72. The van der Waals surface area contributed by atoms with Crippen LogP contribution in [-0.4, -0.2) is 9.97 Å². The van der Waals surface area contributed by atoms with Gasteiger partial charge in [-0.15, -0.1) is 0 Å². The molecule has 0 amide bonds. The molecule has 3 rings (SSSR count). The minimum absolute atomic E-state index is 0.270. The van der Waals surface area contributed by atoms with Crippen LogP contribution in [0.3, 0.4) is 0 Å². The number of aromatic nitrogens is 2. The Bertz CT molecular complexity index is 729. The van der Waals surface area contributed by atoms with Gasteiger partial charge in [0.05, 0.1) is 6.26 Å². The third-order valence-corrected chi connectivity index (χ3v) is 3.96. The van der Waals surface area contributed by atoms with Crippen molar-refractivity contribution in [3.05, 3.63) is 54.3 Å². The van der Waals surface area contributed by atoms with E-state index in [1.165, 1.54) is 17.3 Å². The largest absolute Gasteiger partial charge is 0.461 e. The van der Waals surface area contributed by atoms with E-state index in [1.807, 2.05) is 18.2 Å². The van der Waals surface area contributed by atoms with Crippen LogP contribution in [0.4, 0.5) is 11.5 Å². The van der Waals surface area contributed by atoms with Gasteiger partial charge in [-0.3, -0.25) is 0 Å². The number of furan rings is 1. The minimum atomic E-state index is 0.270. The van der Waals surface area contributed by atoms with E-state index in [1.54, 1.807) is 18.4 Å². The molecule has 21 heavy (non-hydrogen) atoms. The summed E-state index contributed by atoms with van der Waals surface area (Å²) in [6.45, 7) is 0. The first-order valence-electron chi connectivity index (χ1n) is 6.37. The van der Waals surface area contributed by atoms with E-state index in [0.717, 1.165) is 5.75 Å². The topological polar surface area (TPSA) is 91.0 Å². The summed E-state index contributed by atoms with van der Waals surface area (Å²) in [7, 11) is 0. The average molecular weight is 298 g/mol. The van der Waals surface area contributed by atoms with Gasteiger partial charge in [-0.1, -0.05) is 42.1 Å². The van der Waals surface area contributed by atoms with Crippen LogP contribution in [0, 0.1) is 0 Å². The third kappa shape index (κ3) is 3.00. The number of hydrogen-bond donors (Lipinski definition) is 2. The van der Waals surface area contributed by atoms with Crippen molar-refractivity contribution in [1.29, 1.82) is 0 Å². The zero-order valence-corrected chi connectivity index (χ0v) is 12.0. The predicted octanol–water partition coefficient (Wildman–Crippen LogP) is 3.19. The summed E-state index contributed by atoms with van der Waals surface area (Å²) < 4.78 is 5.30. The maximum absolute atomic E-state index is 5.97. The molecule has 1 aromatic carbocycles. The van der Waals surface area contributed by atoms with Gasteiger partial charge in [0.2, 0.25) is 0 Å². The van der Waals surface area contributed by atoms with E-state index in [4.69, 9.17) is 15.9 Å². The molecule has 0 spiro atoms. The second-order valence-corrected chi connectivity index (χ2v) is 5.37. The second-order valence-electron chi connectivity index (χ2n) is 4.40. The molecule has 0 radical (unpaired) electrons. The van der Waals surface area contributed by atoms with E-state index in [0.29, 0.717) is 22.3 Å². The summed E-state index contributed by atoms with van der Waals surface area (Å²) in [6, 6.07) is 13.7. The Hall–Kier alpha value is -2.47. The zero-order chi connectivity index (χ0) is 14.7. The summed E-state index contributed by atoms with van der Waals surface area (Å²) in [5.74, 6) is 2.05. The smallest absolute Gasteiger partial charge is 0.198 e. The first kappa shape index (κ1) is 13.5. The molecule has 0 bridgehead atoms. The van der Waals surface area contributed by atoms with Crippen LogP contribution in [-0.2, 0) is 5.75 Å². The van der Waals surface area contributed by atoms with E-state index >= 15 is 0 Å². The Morgan fingerprint density at radius 2 is 1.81 bits per heavy atom. The van der Waals surface area contributed by atoms with Gasteiger partial charge in [0.25, 0.3) is 0 Å².